The van der Waals surface area contributed by atoms with E-state index >= 15 is 0 Å². The van der Waals surface area contributed by atoms with Gasteiger partial charge in [0.05, 0.1) is 5.69 Å². The van der Waals surface area contributed by atoms with Crippen molar-refractivity contribution in [3.63, 3.8) is 0 Å². The first-order chi connectivity index (χ1) is 19.6. The Kier molecular flexibility index (Phi) is 6.01. The number of fused-ring (bicyclic) bond motifs is 2. The summed E-state index contributed by atoms with van der Waals surface area (Å²) in [6.07, 6.45) is 6.00. The molecule has 7 rings (SSSR count). The topological polar surface area (TPSA) is 3.24 Å². The molecule has 1 aliphatic carbocycles. The third-order valence-electron chi connectivity index (χ3n) is 8.60. The number of anilines is 2. The maximum absolute atomic E-state index is 2.54. The predicted octanol–water partition coefficient (Wildman–Crippen LogP) is 10.4. The van der Waals surface area contributed by atoms with Gasteiger partial charge in [-0.25, -0.2) is 0 Å². The van der Waals surface area contributed by atoms with Crippen molar-refractivity contribution in [3.05, 3.63) is 168 Å². The van der Waals surface area contributed by atoms with Crippen LogP contribution in [-0.2, 0) is 5.41 Å². The second kappa shape index (κ2) is 9.84. The summed E-state index contributed by atoms with van der Waals surface area (Å²) in [4.78, 5) is 2.48. The summed E-state index contributed by atoms with van der Waals surface area (Å²) in [5.41, 5.74) is 12.8. The Hall–Kier alpha value is -4.62. The van der Waals surface area contributed by atoms with Gasteiger partial charge in [0.1, 0.15) is 0 Å². The number of allylic oxidation sites excluding steroid dienone is 3. The van der Waals surface area contributed by atoms with Crippen molar-refractivity contribution in [1.82, 2.24) is 0 Å². The normalized spacial score (nSPS) is 17.4. The van der Waals surface area contributed by atoms with Crippen LogP contribution in [0.3, 0.4) is 0 Å². The van der Waals surface area contributed by atoms with E-state index in [1.165, 1.54) is 56.0 Å². The molecule has 0 saturated carbocycles. The minimum absolute atomic E-state index is 0.139. The fraction of sp³-hybridized carbons (Fsp3) is 0.128. The van der Waals surface area contributed by atoms with Crippen molar-refractivity contribution in [1.29, 1.82) is 0 Å². The largest absolute Gasteiger partial charge is 0.310 e. The Morgan fingerprint density at radius 2 is 1.15 bits per heavy atom. The highest BCUT2D eigenvalue weighted by molar-refractivity contribution is 5.84. The smallest absolute Gasteiger partial charge is 0.0502 e. The van der Waals surface area contributed by atoms with Crippen LogP contribution in [0.4, 0.5) is 11.4 Å². The zero-order valence-corrected chi connectivity index (χ0v) is 23.1. The van der Waals surface area contributed by atoms with Gasteiger partial charge in [-0.3, -0.25) is 0 Å². The van der Waals surface area contributed by atoms with Gasteiger partial charge in [-0.1, -0.05) is 135 Å². The van der Waals surface area contributed by atoms with E-state index in [4.69, 9.17) is 0 Å². The maximum atomic E-state index is 2.54. The highest BCUT2D eigenvalue weighted by Crippen LogP contribution is 2.53. The van der Waals surface area contributed by atoms with Gasteiger partial charge < -0.3 is 4.90 Å². The van der Waals surface area contributed by atoms with Gasteiger partial charge in [0.2, 0.25) is 0 Å². The van der Waals surface area contributed by atoms with E-state index in [-0.39, 0.29) is 5.41 Å². The summed E-state index contributed by atoms with van der Waals surface area (Å²) >= 11 is 0. The molecule has 194 valence electrons. The summed E-state index contributed by atoms with van der Waals surface area (Å²) in [7, 11) is 0. The number of rotatable bonds is 4. The highest BCUT2D eigenvalue weighted by atomic mass is 15.2. The van der Waals surface area contributed by atoms with Crippen molar-refractivity contribution in [2.75, 3.05) is 4.90 Å². The molecule has 0 N–H and O–H groups in total. The van der Waals surface area contributed by atoms with E-state index in [0.29, 0.717) is 5.92 Å². The quantitative estimate of drug-likeness (QED) is 0.230. The summed E-state index contributed by atoms with van der Waals surface area (Å²) < 4.78 is 0. The van der Waals surface area contributed by atoms with E-state index < -0.39 is 0 Å². The molecule has 1 nitrogen and oxygen atoms in total. The standard InChI is InChI=1S/C39H33N/c1-39(2)35-26-32(29-14-8-4-9-15-29)20-24-37(35)40(34-22-18-31(19-23-34)28-12-6-3-7-13-28)38-25-21-33(27-36(38)39)30-16-10-5-11-17-30/h3-20,22-27,33H,21H2,1-2H3. The molecule has 1 unspecified atom stereocenters. The second-order valence-corrected chi connectivity index (χ2v) is 11.4. The van der Waals surface area contributed by atoms with Crippen molar-refractivity contribution < 1.29 is 0 Å². The second-order valence-electron chi connectivity index (χ2n) is 11.4. The van der Waals surface area contributed by atoms with Gasteiger partial charge in [0, 0.05) is 22.7 Å². The number of nitrogens with zero attached hydrogens (tertiary/aromatic N) is 1. The SMILES string of the molecule is CC1(C)C2=CC(c3ccccc3)CC=C2N(c2ccc(-c3ccccc3)cc2)c2ccc(-c3ccccc3)cc21. The fourth-order valence-corrected chi connectivity index (χ4v) is 6.40. The van der Waals surface area contributed by atoms with E-state index in [1.807, 2.05) is 0 Å². The Balaban J connectivity index is 1.39. The lowest BCUT2D eigenvalue weighted by atomic mass is 9.68. The summed E-state index contributed by atoms with van der Waals surface area (Å²) in [5.74, 6) is 0.375. The van der Waals surface area contributed by atoms with Gasteiger partial charge in [-0.15, -0.1) is 0 Å². The first-order valence-corrected chi connectivity index (χ1v) is 14.2. The molecule has 0 bridgehead atoms. The Morgan fingerprint density at radius 1 is 0.600 bits per heavy atom. The molecule has 40 heavy (non-hydrogen) atoms. The van der Waals surface area contributed by atoms with Crippen LogP contribution in [0, 0.1) is 0 Å². The Labute approximate surface area is 237 Å². The van der Waals surface area contributed by atoms with Crippen LogP contribution in [0.5, 0.6) is 0 Å². The molecule has 1 heteroatoms. The van der Waals surface area contributed by atoms with Crippen LogP contribution in [-0.4, -0.2) is 0 Å². The molecule has 0 amide bonds. The van der Waals surface area contributed by atoms with Crippen LogP contribution in [0.2, 0.25) is 0 Å². The lowest BCUT2D eigenvalue weighted by Gasteiger charge is -2.46. The summed E-state index contributed by atoms with van der Waals surface area (Å²) in [6, 6.07) is 48.4. The van der Waals surface area contributed by atoms with Gasteiger partial charge >= 0.3 is 0 Å². The number of hydrogen-bond acceptors (Lipinski definition) is 1. The zero-order valence-electron chi connectivity index (χ0n) is 23.1. The van der Waals surface area contributed by atoms with Crippen LogP contribution >= 0.6 is 0 Å². The van der Waals surface area contributed by atoms with Gasteiger partial charge in [0.25, 0.3) is 0 Å². The fourth-order valence-electron chi connectivity index (χ4n) is 6.40. The van der Waals surface area contributed by atoms with Crippen molar-refractivity contribution in [2.45, 2.75) is 31.6 Å². The van der Waals surface area contributed by atoms with Crippen LogP contribution in [0.1, 0.15) is 37.3 Å². The molecule has 0 aromatic heterocycles. The van der Waals surface area contributed by atoms with E-state index in [0.717, 1.165) is 6.42 Å². The molecular weight excluding hydrogens is 482 g/mol. The summed E-state index contributed by atoms with van der Waals surface area (Å²) in [5, 5.41) is 0. The number of benzene rings is 5. The molecule has 1 atom stereocenters. The number of hydrogen-bond donors (Lipinski definition) is 0. The van der Waals surface area contributed by atoms with Crippen LogP contribution in [0.25, 0.3) is 22.3 Å². The van der Waals surface area contributed by atoms with Gasteiger partial charge in [-0.05, 0) is 69.6 Å². The van der Waals surface area contributed by atoms with Crippen molar-refractivity contribution in [3.8, 4) is 22.3 Å². The maximum Gasteiger partial charge on any atom is 0.0502 e. The molecule has 0 spiro atoms. The lowest BCUT2D eigenvalue weighted by Crippen LogP contribution is -2.37. The first kappa shape index (κ1) is 24.4. The zero-order chi connectivity index (χ0) is 27.1. The molecule has 2 aliphatic rings. The minimum Gasteiger partial charge on any atom is -0.310 e. The third-order valence-corrected chi connectivity index (χ3v) is 8.60. The molecule has 0 radical (unpaired) electrons. The third kappa shape index (κ3) is 4.19. The highest BCUT2D eigenvalue weighted by Gasteiger charge is 2.41. The predicted molar refractivity (Wildman–Crippen MR) is 169 cm³/mol. The Morgan fingerprint density at radius 3 is 1.80 bits per heavy atom. The van der Waals surface area contributed by atoms with Gasteiger partial charge in [-0.2, -0.15) is 0 Å². The summed E-state index contributed by atoms with van der Waals surface area (Å²) in [6.45, 7) is 4.78. The van der Waals surface area contributed by atoms with E-state index in [2.05, 4.69) is 164 Å². The van der Waals surface area contributed by atoms with Crippen molar-refractivity contribution >= 4 is 11.4 Å². The van der Waals surface area contributed by atoms with E-state index in [9.17, 15) is 0 Å². The van der Waals surface area contributed by atoms with Gasteiger partial charge in [0.15, 0.2) is 0 Å². The van der Waals surface area contributed by atoms with Crippen molar-refractivity contribution in [2.24, 2.45) is 0 Å². The van der Waals surface area contributed by atoms with Crippen LogP contribution in [0.15, 0.2) is 157 Å². The monoisotopic (exact) mass is 515 g/mol. The molecule has 1 aliphatic heterocycles. The molecule has 0 fully saturated rings. The van der Waals surface area contributed by atoms with E-state index in [1.54, 1.807) is 0 Å². The van der Waals surface area contributed by atoms with Crippen LogP contribution < -0.4 is 4.90 Å². The average Bonchev–Trinajstić information content (AvgIpc) is 3.02. The lowest BCUT2D eigenvalue weighted by molar-refractivity contribution is 0.596. The average molecular weight is 516 g/mol. The molecule has 1 heterocycles. The molecule has 0 saturated heterocycles. The molecular formula is C39H33N. The first-order valence-electron chi connectivity index (χ1n) is 14.2. The molecule has 5 aromatic rings. The molecule has 5 aromatic carbocycles. The minimum atomic E-state index is -0.139. The Bertz CT molecular complexity index is 1710.